The number of aryl methyl sites for hydroxylation is 3. The third-order valence-corrected chi connectivity index (χ3v) is 4.48. The van der Waals surface area contributed by atoms with Crippen molar-refractivity contribution < 1.29 is 9.59 Å². The molecule has 0 fully saturated rings. The van der Waals surface area contributed by atoms with E-state index < -0.39 is 11.8 Å². The van der Waals surface area contributed by atoms with Gasteiger partial charge in [-0.25, -0.2) is 4.90 Å². The molecule has 3 rings (SSSR count). The predicted octanol–water partition coefficient (Wildman–Crippen LogP) is 4.30. The number of imide groups is 1. The van der Waals surface area contributed by atoms with Gasteiger partial charge in [0.2, 0.25) is 0 Å². The largest absolute Gasteiger partial charge is 0.350 e. The van der Waals surface area contributed by atoms with Crippen LogP contribution >= 0.6 is 11.6 Å². The van der Waals surface area contributed by atoms with Crippen LogP contribution in [-0.2, 0) is 16.0 Å². The molecule has 0 bridgehead atoms. The van der Waals surface area contributed by atoms with Crippen LogP contribution in [0.3, 0.4) is 0 Å². The zero-order valence-corrected chi connectivity index (χ0v) is 15.1. The van der Waals surface area contributed by atoms with Crippen LogP contribution in [-0.4, -0.2) is 11.8 Å². The van der Waals surface area contributed by atoms with Crippen molar-refractivity contribution in [3.63, 3.8) is 0 Å². The second kappa shape index (κ2) is 6.73. The summed E-state index contributed by atoms with van der Waals surface area (Å²) in [6, 6.07) is 13.2. The lowest BCUT2D eigenvalue weighted by Gasteiger charge is -2.18. The van der Waals surface area contributed by atoms with Gasteiger partial charge in [0, 0.05) is 5.69 Å². The molecule has 0 saturated carbocycles. The number of benzene rings is 2. The Balaban J connectivity index is 1.97. The van der Waals surface area contributed by atoms with Crippen molar-refractivity contribution in [3.8, 4) is 0 Å². The highest BCUT2D eigenvalue weighted by Crippen LogP contribution is 2.32. The van der Waals surface area contributed by atoms with Gasteiger partial charge in [0.1, 0.15) is 10.7 Å². The van der Waals surface area contributed by atoms with Crippen molar-refractivity contribution in [1.82, 2.24) is 0 Å². The number of carbonyl (C=O) groups is 2. The second-order valence-electron chi connectivity index (χ2n) is 6.12. The SMILES string of the molecule is CCc1ccccc1N1C(=O)C(Cl)=C(Nc2cc(C)cc(C)c2)C1=O. The lowest BCUT2D eigenvalue weighted by atomic mass is 10.1. The number of amides is 2. The molecule has 1 heterocycles. The van der Waals surface area contributed by atoms with E-state index in [4.69, 9.17) is 11.6 Å². The summed E-state index contributed by atoms with van der Waals surface area (Å²) in [5.41, 5.74) is 4.46. The third kappa shape index (κ3) is 3.17. The van der Waals surface area contributed by atoms with Crippen molar-refractivity contribution in [2.45, 2.75) is 27.2 Å². The van der Waals surface area contributed by atoms with Crippen LogP contribution in [0, 0.1) is 13.8 Å². The van der Waals surface area contributed by atoms with E-state index in [0.29, 0.717) is 12.1 Å². The Morgan fingerprint density at radius 3 is 2.28 bits per heavy atom. The first-order valence-electron chi connectivity index (χ1n) is 8.14. The molecule has 2 amide bonds. The fraction of sp³-hybridized carbons (Fsp3) is 0.200. The number of rotatable bonds is 4. The number of carbonyl (C=O) groups excluding carboxylic acids is 2. The number of nitrogens with zero attached hydrogens (tertiary/aromatic N) is 1. The van der Waals surface area contributed by atoms with Gasteiger partial charge in [-0.05, 0) is 55.2 Å². The quantitative estimate of drug-likeness (QED) is 0.833. The van der Waals surface area contributed by atoms with Crippen LogP contribution in [0.4, 0.5) is 11.4 Å². The number of halogens is 1. The molecule has 1 aliphatic heterocycles. The maximum absolute atomic E-state index is 12.9. The number of nitrogens with one attached hydrogen (secondary N) is 1. The topological polar surface area (TPSA) is 49.4 Å². The van der Waals surface area contributed by atoms with Crippen LogP contribution in [0.1, 0.15) is 23.6 Å². The Kier molecular flexibility index (Phi) is 4.64. The molecule has 5 heteroatoms. The Morgan fingerprint density at radius 1 is 1.00 bits per heavy atom. The van der Waals surface area contributed by atoms with Crippen molar-refractivity contribution in [2.75, 3.05) is 10.2 Å². The minimum atomic E-state index is -0.501. The number of para-hydroxylation sites is 1. The summed E-state index contributed by atoms with van der Waals surface area (Å²) in [4.78, 5) is 26.6. The second-order valence-corrected chi connectivity index (χ2v) is 6.50. The highest BCUT2D eigenvalue weighted by Gasteiger charge is 2.39. The van der Waals surface area contributed by atoms with E-state index in [0.717, 1.165) is 27.3 Å². The maximum atomic E-state index is 12.9. The molecule has 0 atom stereocenters. The molecule has 4 nitrogen and oxygen atoms in total. The zero-order chi connectivity index (χ0) is 18.1. The minimum Gasteiger partial charge on any atom is -0.350 e. The van der Waals surface area contributed by atoms with Crippen LogP contribution < -0.4 is 10.2 Å². The Hall–Kier alpha value is -2.59. The molecule has 2 aromatic carbocycles. The summed E-state index contributed by atoms with van der Waals surface area (Å²) in [6.07, 6.45) is 0.713. The highest BCUT2D eigenvalue weighted by atomic mass is 35.5. The average molecular weight is 355 g/mol. The van der Waals surface area contributed by atoms with Gasteiger partial charge in [-0.15, -0.1) is 0 Å². The smallest absolute Gasteiger partial charge is 0.283 e. The molecule has 0 aliphatic carbocycles. The molecular formula is C20H19ClN2O2. The molecule has 0 unspecified atom stereocenters. The van der Waals surface area contributed by atoms with E-state index in [1.54, 1.807) is 12.1 Å². The third-order valence-electron chi connectivity index (χ3n) is 4.13. The van der Waals surface area contributed by atoms with Crippen molar-refractivity contribution >= 4 is 34.8 Å². The Bertz CT molecular complexity index is 882. The average Bonchev–Trinajstić information content (AvgIpc) is 2.77. The summed E-state index contributed by atoms with van der Waals surface area (Å²) in [7, 11) is 0. The number of hydrogen-bond acceptors (Lipinski definition) is 3. The lowest BCUT2D eigenvalue weighted by molar-refractivity contribution is -0.120. The van der Waals surface area contributed by atoms with Crippen LogP contribution in [0.2, 0.25) is 0 Å². The van der Waals surface area contributed by atoms with E-state index in [2.05, 4.69) is 5.32 Å². The first-order chi connectivity index (χ1) is 11.9. The fourth-order valence-corrected chi connectivity index (χ4v) is 3.26. The van der Waals surface area contributed by atoms with Gasteiger partial charge < -0.3 is 5.32 Å². The first kappa shape index (κ1) is 17.2. The molecule has 0 radical (unpaired) electrons. The number of anilines is 2. The summed E-state index contributed by atoms with van der Waals surface area (Å²) in [6.45, 7) is 5.92. The Labute approximate surface area is 152 Å². The molecule has 1 N–H and O–H groups in total. The monoisotopic (exact) mass is 354 g/mol. The predicted molar refractivity (Wildman–Crippen MR) is 101 cm³/mol. The van der Waals surface area contributed by atoms with Gasteiger partial charge >= 0.3 is 0 Å². The normalized spacial score (nSPS) is 14.5. The molecule has 1 aliphatic rings. The molecule has 128 valence electrons. The molecule has 2 aromatic rings. The van der Waals surface area contributed by atoms with E-state index in [1.165, 1.54) is 0 Å². The summed E-state index contributed by atoms with van der Waals surface area (Å²) < 4.78 is 0. The van der Waals surface area contributed by atoms with Crippen molar-refractivity contribution in [2.24, 2.45) is 0 Å². The van der Waals surface area contributed by atoms with E-state index in [1.807, 2.05) is 51.1 Å². The van der Waals surface area contributed by atoms with Gasteiger partial charge in [0.05, 0.1) is 5.69 Å². The maximum Gasteiger partial charge on any atom is 0.283 e. The summed E-state index contributed by atoms with van der Waals surface area (Å²) >= 11 is 6.20. The minimum absolute atomic E-state index is 0.0879. The van der Waals surface area contributed by atoms with Gasteiger partial charge in [0.15, 0.2) is 0 Å². The molecule has 25 heavy (non-hydrogen) atoms. The zero-order valence-electron chi connectivity index (χ0n) is 14.4. The Morgan fingerprint density at radius 2 is 1.64 bits per heavy atom. The van der Waals surface area contributed by atoms with Crippen molar-refractivity contribution in [1.29, 1.82) is 0 Å². The fourth-order valence-electron chi connectivity index (χ4n) is 3.05. The van der Waals surface area contributed by atoms with Gasteiger partial charge in [0.25, 0.3) is 11.8 Å². The van der Waals surface area contributed by atoms with Gasteiger partial charge in [-0.2, -0.15) is 0 Å². The van der Waals surface area contributed by atoms with Gasteiger partial charge in [-0.1, -0.05) is 42.8 Å². The molecular weight excluding hydrogens is 336 g/mol. The summed E-state index contributed by atoms with van der Waals surface area (Å²) in [5.74, 6) is -0.936. The lowest BCUT2D eigenvalue weighted by Crippen LogP contribution is -2.33. The van der Waals surface area contributed by atoms with Crippen LogP contribution in [0.5, 0.6) is 0 Å². The number of hydrogen-bond donors (Lipinski definition) is 1. The van der Waals surface area contributed by atoms with Crippen LogP contribution in [0.25, 0.3) is 0 Å². The molecule has 0 spiro atoms. The van der Waals surface area contributed by atoms with E-state index in [-0.39, 0.29) is 10.7 Å². The van der Waals surface area contributed by atoms with E-state index in [9.17, 15) is 9.59 Å². The van der Waals surface area contributed by atoms with Crippen molar-refractivity contribution in [3.05, 3.63) is 69.9 Å². The van der Waals surface area contributed by atoms with Crippen LogP contribution in [0.15, 0.2) is 53.2 Å². The standard InChI is InChI=1S/C20H19ClN2O2/c1-4-14-7-5-6-8-16(14)23-19(24)17(21)18(20(23)25)22-15-10-12(2)9-13(3)11-15/h5-11,22H,4H2,1-3H3. The first-order valence-corrected chi connectivity index (χ1v) is 8.52. The highest BCUT2D eigenvalue weighted by molar-refractivity contribution is 6.53. The van der Waals surface area contributed by atoms with E-state index >= 15 is 0 Å². The molecule has 0 aromatic heterocycles. The summed E-state index contributed by atoms with van der Waals surface area (Å²) in [5, 5.41) is 2.94. The van der Waals surface area contributed by atoms with Gasteiger partial charge in [-0.3, -0.25) is 9.59 Å². The molecule has 0 saturated heterocycles.